The van der Waals surface area contributed by atoms with Gasteiger partial charge in [-0.3, -0.25) is 14.4 Å². The molecule has 2 aromatic carbocycles. The number of benzene rings is 2. The van der Waals surface area contributed by atoms with Gasteiger partial charge < -0.3 is 0 Å². The summed E-state index contributed by atoms with van der Waals surface area (Å²) in [5, 5.41) is 0.886. The first kappa shape index (κ1) is 27.0. The number of thioether (sulfide) groups is 1. The molecular weight excluding hydrogens is 534 g/mol. The summed E-state index contributed by atoms with van der Waals surface area (Å²) in [7, 11) is -4.30. The highest BCUT2D eigenvalue weighted by molar-refractivity contribution is 7.99. The Kier molecular flexibility index (Phi) is 6.51. The third-order valence-corrected chi connectivity index (χ3v) is 12.8. The highest BCUT2D eigenvalue weighted by Gasteiger charge is 2.84. The lowest BCUT2D eigenvalue weighted by Gasteiger charge is -2.69. The number of carbonyl (C=O) groups excluding carboxylic acids is 3. The van der Waals surface area contributed by atoms with Gasteiger partial charge in [0, 0.05) is 22.1 Å². The maximum atomic E-state index is 13.4. The first-order valence-corrected chi connectivity index (χ1v) is 16.6. The number of hydroxylamine groups is 2. The first-order valence-electron chi connectivity index (χ1n) is 14.1. The minimum Gasteiger partial charge on any atom is -0.299 e. The van der Waals surface area contributed by atoms with Crippen LogP contribution in [0.3, 0.4) is 0 Å². The van der Waals surface area contributed by atoms with Crippen molar-refractivity contribution in [1.29, 1.82) is 0 Å². The molecule has 1 spiro atoms. The number of amides is 2. The number of rotatable bonds is 11. The van der Waals surface area contributed by atoms with Crippen LogP contribution in [0, 0.1) is 22.7 Å². The van der Waals surface area contributed by atoms with Crippen LogP contribution in [0.4, 0.5) is 0 Å². The molecule has 7 nitrogen and oxygen atoms in total. The fourth-order valence-electron chi connectivity index (χ4n) is 7.89. The molecule has 5 aliphatic rings. The van der Waals surface area contributed by atoms with Gasteiger partial charge in [0.2, 0.25) is 0 Å². The van der Waals surface area contributed by atoms with Gasteiger partial charge in [-0.15, -0.1) is 21.1 Å². The molecular formula is C30H35NO6S2. The second-order valence-electron chi connectivity index (χ2n) is 12.1. The lowest BCUT2D eigenvalue weighted by molar-refractivity contribution is -0.200. The molecule has 9 heteroatoms. The van der Waals surface area contributed by atoms with Crippen LogP contribution < -0.4 is 0 Å². The Balaban J connectivity index is 1.19. The first-order chi connectivity index (χ1) is 18.6. The van der Waals surface area contributed by atoms with E-state index < -0.39 is 32.6 Å². The van der Waals surface area contributed by atoms with Gasteiger partial charge in [0.1, 0.15) is 5.78 Å². The number of fused-ring (bicyclic) bond motifs is 1. The van der Waals surface area contributed by atoms with E-state index >= 15 is 0 Å². The van der Waals surface area contributed by atoms with Crippen LogP contribution in [0.1, 0.15) is 92.9 Å². The maximum absolute atomic E-state index is 13.4. The smallest absolute Gasteiger partial charge is 0.291 e. The monoisotopic (exact) mass is 569 g/mol. The molecule has 7 rings (SSSR count). The topological polar surface area (TPSA) is 97.8 Å². The lowest BCUT2D eigenvalue weighted by Crippen LogP contribution is -2.73. The highest BCUT2D eigenvalue weighted by atomic mass is 32.2. The van der Waals surface area contributed by atoms with E-state index in [0.717, 1.165) is 22.5 Å². The van der Waals surface area contributed by atoms with Crippen LogP contribution in [-0.2, 0) is 19.2 Å². The molecule has 4 saturated carbocycles. The molecule has 0 saturated heterocycles. The second kappa shape index (κ2) is 9.42. The predicted octanol–water partition coefficient (Wildman–Crippen LogP) is 6.15. The summed E-state index contributed by atoms with van der Waals surface area (Å²) in [4.78, 5) is 40.5. The standard InChI is InChI=1S/C30H35NO6S2/c1-4-5-6-7-8-9-15-38-22-14-13-20-25-18(22)11-10-12-19(25)27(33)31(28(20)34)37-39(35,36)23-17-30-24(32)16-21(26(23)30)29(30,2)3/h10-14,21,23,26H,4-9,15-17H2,1-3H3. The zero-order valence-corrected chi connectivity index (χ0v) is 24.3. The molecule has 1 heterocycles. The van der Waals surface area contributed by atoms with Crippen LogP contribution in [0.25, 0.3) is 10.8 Å². The Morgan fingerprint density at radius 1 is 0.974 bits per heavy atom. The number of carbonyl (C=O) groups is 3. The van der Waals surface area contributed by atoms with E-state index in [1.54, 1.807) is 30.0 Å². The molecule has 4 fully saturated rings. The van der Waals surface area contributed by atoms with E-state index in [-0.39, 0.29) is 40.6 Å². The molecule has 4 unspecified atom stereocenters. The van der Waals surface area contributed by atoms with Crippen molar-refractivity contribution in [2.75, 3.05) is 5.75 Å². The molecule has 2 amide bonds. The lowest BCUT2D eigenvalue weighted by atomic mass is 9.35. The number of ketones is 1. The van der Waals surface area contributed by atoms with Gasteiger partial charge in [0.25, 0.3) is 21.9 Å². The zero-order chi connectivity index (χ0) is 27.7. The van der Waals surface area contributed by atoms with Crippen molar-refractivity contribution in [3.63, 3.8) is 0 Å². The van der Waals surface area contributed by atoms with Gasteiger partial charge in [-0.05, 0) is 59.4 Å². The van der Waals surface area contributed by atoms with Crippen molar-refractivity contribution in [2.24, 2.45) is 22.7 Å². The molecule has 4 aliphatic carbocycles. The SMILES string of the molecule is CCCCCCCCSc1ccc2c3c(cccc13)C(=O)N(OS(=O)(=O)C1CC34C(=O)CC(C13)C4(C)C)C2=O. The van der Waals surface area contributed by atoms with Gasteiger partial charge in [-0.25, -0.2) is 0 Å². The van der Waals surface area contributed by atoms with E-state index in [1.807, 2.05) is 26.0 Å². The van der Waals surface area contributed by atoms with E-state index in [4.69, 9.17) is 4.28 Å². The fraction of sp³-hybridized carbons (Fsp3) is 0.567. The van der Waals surface area contributed by atoms with Crippen LogP contribution in [0.15, 0.2) is 35.2 Å². The van der Waals surface area contributed by atoms with Crippen LogP contribution >= 0.6 is 11.8 Å². The number of unbranched alkanes of at least 4 members (excludes halogenated alkanes) is 5. The number of Topliss-reactive ketones (excluding diaryl/α,β-unsaturated/α-hetero) is 1. The van der Waals surface area contributed by atoms with Crippen molar-refractivity contribution in [2.45, 2.75) is 82.3 Å². The number of hydrogen-bond acceptors (Lipinski definition) is 7. The van der Waals surface area contributed by atoms with Crippen LogP contribution in [0.5, 0.6) is 0 Å². The third kappa shape index (κ3) is 3.72. The summed E-state index contributed by atoms with van der Waals surface area (Å²) in [6.45, 7) is 6.26. The highest BCUT2D eigenvalue weighted by Crippen LogP contribution is 2.81. The minimum absolute atomic E-state index is 0.0170. The normalized spacial score (nSPS) is 28.4. The summed E-state index contributed by atoms with van der Waals surface area (Å²) in [5.41, 5.74) is -0.332. The quantitative estimate of drug-likeness (QED) is 0.182. The van der Waals surface area contributed by atoms with E-state index in [1.165, 1.54) is 32.1 Å². The predicted molar refractivity (Wildman–Crippen MR) is 150 cm³/mol. The summed E-state index contributed by atoms with van der Waals surface area (Å²) < 4.78 is 32.0. The third-order valence-electron chi connectivity index (χ3n) is 10.0. The van der Waals surface area contributed by atoms with Crippen LogP contribution in [-0.4, -0.2) is 42.1 Å². The summed E-state index contributed by atoms with van der Waals surface area (Å²) in [6.07, 6.45) is 7.85. The molecule has 0 N–H and O–H groups in total. The Labute approximate surface area is 234 Å². The Hall–Kier alpha value is -2.23. The van der Waals surface area contributed by atoms with Crippen molar-refractivity contribution < 1.29 is 27.1 Å². The van der Waals surface area contributed by atoms with Gasteiger partial charge >= 0.3 is 0 Å². The van der Waals surface area contributed by atoms with Gasteiger partial charge in [-0.1, -0.05) is 65.0 Å². The van der Waals surface area contributed by atoms with E-state index in [0.29, 0.717) is 16.9 Å². The Morgan fingerprint density at radius 3 is 2.36 bits per heavy atom. The molecule has 2 bridgehead atoms. The van der Waals surface area contributed by atoms with Crippen molar-refractivity contribution >= 4 is 50.3 Å². The Morgan fingerprint density at radius 2 is 1.67 bits per heavy atom. The number of hydrogen-bond donors (Lipinski definition) is 0. The second-order valence-corrected chi connectivity index (χ2v) is 15.0. The molecule has 208 valence electrons. The minimum atomic E-state index is -4.30. The number of imide groups is 1. The van der Waals surface area contributed by atoms with Gasteiger partial charge in [-0.2, -0.15) is 8.42 Å². The largest absolute Gasteiger partial charge is 0.299 e. The molecule has 2 aromatic rings. The van der Waals surface area contributed by atoms with Crippen molar-refractivity contribution in [3.8, 4) is 0 Å². The molecule has 39 heavy (non-hydrogen) atoms. The van der Waals surface area contributed by atoms with Gasteiger partial charge in [0.05, 0.1) is 16.4 Å². The molecule has 0 aromatic heterocycles. The van der Waals surface area contributed by atoms with Crippen molar-refractivity contribution in [3.05, 3.63) is 41.5 Å². The fourth-order valence-corrected chi connectivity index (χ4v) is 10.6. The average molecular weight is 570 g/mol. The van der Waals surface area contributed by atoms with E-state index in [2.05, 4.69) is 6.92 Å². The Bertz CT molecular complexity index is 1480. The molecule has 4 atom stereocenters. The van der Waals surface area contributed by atoms with E-state index in [9.17, 15) is 22.8 Å². The summed E-state index contributed by atoms with van der Waals surface area (Å²) >= 11 is 1.72. The average Bonchev–Trinajstić information content (AvgIpc) is 3.24. The zero-order valence-electron chi connectivity index (χ0n) is 22.7. The van der Waals surface area contributed by atoms with Crippen molar-refractivity contribution in [1.82, 2.24) is 5.06 Å². The number of nitrogens with zero attached hydrogens (tertiary/aromatic N) is 1. The summed E-state index contributed by atoms with van der Waals surface area (Å²) in [5.74, 6) is -0.795. The van der Waals surface area contributed by atoms with Crippen LogP contribution in [0.2, 0.25) is 0 Å². The molecule has 0 radical (unpaired) electrons. The van der Waals surface area contributed by atoms with Gasteiger partial charge in [0.15, 0.2) is 0 Å². The maximum Gasteiger partial charge on any atom is 0.291 e. The summed E-state index contributed by atoms with van der Waals surface area (Å²) in [6, 6.07) is 8.81. The molecule has 1 aliphatic heterocycles.